The molecule has 9 nitrogen and oxygen atoms in total. The van der Waals surface area contributed by atoms with E-state index in [1.54, 1.807) is 18.5 Å². The maximum Gasteiger partial charge on any atom is 0.227 e. The summed E-state index contributed by atoms with van der Waals surface area (Å²) in [5.41, 5.74) is 7.86. The second kappa shape index (κ2) is 11.5. The molecule has 0 aliphatic rings. The van der Waals surface area contributed by atoms with Crippen LogP contribution in [-0.4, -0.2) is 34.9 Å². The van der Waals surface area contributed by atoms with Crippen molar-refractivity contribution >= 4 is 22.2 Å². The number of hydrogen-bond acceptors (Lipinski definition) is 9. The van der Waals surface area contributed by atoms with Gasteiger partial charge in [-0.2, -0.15) is 0 Å². The van der Waals surface area contributed by atoms with Crippen LogP contribution in [0.1, 0.15) is 0 Å². The topological polar surface area (TPSA) is 117 Å². The molecular weight excluding hydrogens is 598 g/mol. The van der Waals surface area contributed by atoms with Crippen LogP contribution in [0.2, 0.25) is 0 Å². The van der Waals surface area contributed by atoms with E-state index in [-0.39, 0.29) is 0 Å². The van der Waals surface area contributed by atoms with Crippen LogP contribution in [0.25, 0.3) is 90.7 Å². The Balaban J connectivity index is 1.16. The molecule has 9 rings (SSSR count). The van der Waals surface area contributed by atoms with Crippen LogP contribution in [0, 0.1) is 0 Å². The lowest BCUT2D eigenvalue weighted by atomic mass is 10.1. The molecule has 0 N–H and O–H groups in total. The summed E-state index contributed by atoms with van der Waals surface area (Å²) in [6.45, 7) is 0. The van der Waals surface area contributed by atoms with Crippen molar-refractivity contribution in [3.05, 3.63) is 140 Å². The fourth-order valence-electron chi connectivity index (χ4n) is 5.52. The number of fused-ring (bicyclic) bond motifs is 2. The molecule has 0 aliphatic heterocycles. The second-order valence-corrected chi connectivity index (χ2v) is 11.1. The molecule has 0 spiro atoms. The van der Waals surface area contributed by atoms with Crippen LogP contribution in [0.4, 0.5) is 0 Å². The molecule has 4 aromatic heterocycles. The smallest absolute Gasteiger partial charge is 0.227 e. The minimum Gasteiger partial charge on any atom is -0.436 e. The van der Waals surface area contributed by atoms with Gasteiger partial charge in [0.05, 0.1) is 0 Å². The summed E-state index contributed by atoms with van der Waals surface area (Å²) in [5, 5.41) is 0. The average molecular weight is 622 g/mol. The van der Waals surface area contributed by atoms with Gasteiger partial charge < -0.3 is 8.83 Å². The van der Waals surface area contributed by atoms with Crippen molar-refractivity contribution in [1.29, 1.82) is 0 Å². The highest BCUT2D eigenvalue weighted by Crippen LogP contribution is 2.32. The molecule has 0 amide bonds. The zero-order valence-corrected chi connectivity index (χ0v) is 25.2. The zero-order chi connectivity index (χ0) is 31.9. The molecule has 226 valence electrons. The molecule has 0 bridgehead atoms. The van der Waals surface area contributed by atoms with Gasteiger partial charge in [0.25, 0.3) is 0 Å². The summed E-state index contributed by atoms with van der Waals surface area (Å²) < 4.78 is 12.1. The van der Waals surface area contributed by atoms with Crippen molar-refractivity contribution in [2.75, 3.05) is 0 Å². The molecule has 4 heterocycles. The first kappa shape index (κ1) is 27.4. The number of oxazole rings is 2. The van der Waals surface area contributed by atoms with E-state index in [9.17, 15) is 0 Å². The van der Waals surface area contributed by atoms with E-state index < -0.39 is 0 Å². The minimum absolute atomic E-state index is 0.502. The summed E-state index contributed by atoms with van der Waals surface area (Å²) in [5.74, 6) is 3.28. The van der Waals surface area contributed by atoms with Crippen molar-refractivity contribution in [1.82, 2.24) is 34.9 Å². The van der Waals surface area contributed by atoms with Gasteiger partial charge in [0, 0.05) is 45.8 Å². The van der Waals surface area contributed by atoms with Gasteiger partial charge in [-0.05, 0) is 66.7 Å². The lowest BCUT2D eigenvalue weighted by Gasteiger charge is -2.09. The summed E-state index contributed by atoms with van der Waals surface area (Å²) in [6.07, 6.45) is 3.45. The van der Waals surface area contributed by atoms with Crippen molar-refractivity contribution in [2.45, 2.75) is 0 Å². The van der Waals surface area contributed by atoms with E-state index in [1.165, 1.54) is 0 Å². The van der Waals surface area contributed by atoms with Crippen LogP contribution in [0.5, 0.6) is 0 Å². The van der Waals surface area contributed by atoms with E-state index in [0.717, 1.165) is 33.4 Å². The minimum atomic E-state index is 0.502. The first-order valence-corrected chi connectivity index (χ1v) is 15.3. The zero-order valence-electron chi connectivity index (χ0n) is 25.2. The molecule has 0 fully saturated rings. The highest BCUT2D eigenvalue weighted by atomic mass is 16.4. The van der Waals surface area contributed by atoms with Crippen LogP contribution in [0.15, 0.2) is 149 Å². The van der Waals surface area contributed by atoms with Gasteiger partial charge in [-0.15, -0.1) is 0 Å². The SMILES string of the molecule is c1ccc(-c2nc3cc(-c4nc(-c5ccc(-c6ncccn6)cc5)nc(-c5ccc6oc(-c7ccccc7)nc6c5)n4)ccc3o2)cc1. The number of benzene rings is 5. The molecule has 0 atom stereocenters. The largest absolute Gasteiger partial charge is 0.436 e. The fraction of sp³-hybridized carbons (Fsp3) is 0. The highest BCUT2D eigenvalue weighted by molar-refractivity contribution is 5.83. The van der Waals surface area contributed by atoms with Crippen molar-refractivity contribution < 1.29 is 8.83 Å². The lowest BCUT2D eigenvalue weighted by Crippen LogP contribution is -2.00. The monoisotopic (exact) mass is 621 g/mol. The van der Waals surface area contributed by atoms with Gasteiger partial charge in [0.15, 0.2) is 34.5 Å². The molecule has 48 heavy (non-hydrogen) atoms. The Hall–Kier alpha value is -6.87. The summed E-state index contributed by atoms with van der Waals surface area (Å²) in [4.78, 5) is 33.1. The third-order valence-electron chi connectivity index (χ3n) is 7.94. The Morgan fingerprint density at radius 2 is 0.750 bits per heavy atom. The van der Waals surface area contributed by atoms with Gasteiger partial charge in [-0.25, -0.2) is 34.9 Å². The first-order valence-electron chi connectivity index (χ1n) is 15.3. The van der Waals surface area contributed by atoms with E-state index in [2.05, 4.69) is 9.97 Å². The van der Waals surface area contributed by atoms with Crippen molar-refractivity contribution in [2.24, 2.45) is 0 Å². The van der Waals surface area contributed by atoms with Crippen molar-refractivity contribution in [3.8, 4) is 68.5 Å². The van der Waals surface area contributed by atoms with Crippen molar-refractivity contribution in [3.63, 3.8) is 0 Å². The van der Waals surface area contributed by atoms with Gasteiger partial charge in [-0.3, -0.25) is 0 Å². The average Bonchev–Trinajstić information content (AvgIpc) is 3.80. The van der Waals surface area contributed by atoms with Crippen LogP contribution in [-0.2, 0) is 0 Å². The molecule has 0 saturated heterocycles. The van der Waals surface area contributed by atoms with E-state index in [1.807, 2.05) is 121 Å². The molecule has 9 heteroatoms. The summed E-state index contributed by atoms with van der Waals surface area (Å²) in [6, 6.07) is 40.9. The van der Waals surface area contributed by atoms with Gasteiger partial charge in [-0.1, -0.05) is 60.7 Å². The Morgan fingerprint density at radius 3 is 1.23 bits per heavy atom. The normalized spacial score (nSPS) is 11.3. The Kier molecular flexibility index (Phi) is 6.57. The fourth-order valence-corrected chi connectivity index (χ4v) is 5.52. The quantitative estimate of drug-likeness (QED) is 0.179. The lowest BCUT2D eigenvalue weighted by molar-refractivity contribution is 0.619. The molecule has 0 aliphatic carbocycles. The molecule has 0 unspecified atom stereocenters. The van der Waals surface area contributed by atoms with Gasteiger partial charge in [0.1, 0.15) is 11.0 Å². The Morgan fingerprint density at radius 1 is 0.333 bits per heavy atom. The predicted octanol–water partition coefficient (Wildman–Crippen LogP) is 8.95. The van der Waals surface area contributed by atoms with Gasteiger partial charge in [0.2, 0.25) is 11.8 Å². The summed E-state index contributed by atoms with van der Waals surface area (Å²) in [7, 11) is 0. The van der Waals surface area contributed by atoms with E-state index in [4.69, 9.17) is 33.8 Å². The molecule has 0 saturated carbocycles. The van der Waals surface area contributed by atoms with Crippen LogP contribution >= 0.6 is 0 Å². The van der Waals surface area contributed by atoms with E-state index in [0.29, 0.717) is 57.3 Å². The maximum absolute atomic E-state index is 6.06. The number of nitrogens with zero attached hydrogens (tertiary/aromatic N) is 7. The maximum atomic E-state index is 6.06. The molecule has 0 radical (unpaired) electrons. The van der Waals surface area contributed by atoms with Crippen LogP contribution < -0.4 is 0 Å². The molecule has 9 aromatic rings. The summed E-state index contributed by atoms with van der Waals surface area (Å²) >= 11 is 0. The second-order valence-electron chi connectivity index (χ2n) is 11.1. The molecular formula is C39H23N7O2. The standard InChI is InChI=1S/C39H23N7O2/c1-3-8-26(9-4-1)38-42-30-22-28(16-18-32(30)47-38)36-44-35(25-14-12-24(13-15-25)34-40-20-7-21-41-34)45-37(46-36)29-17-19-33-31(23-29)43-39(48-33)27-10-5-2-6-11-27/h1-23H. The number of rotatable bonds is 6. The van der Waals surface area contributed by atoms with E-state index >= 15 is 0 Å². The first-order chi connectivity index (χ1) is 23.7. The van der Waals surface area contributed by atoms with Crippen LogP contribution in [0.3, 0.4) is 0 Å². The Bertz CT molecular complexity index is 2410. The third kappa shape index (κ3) is 5.15. The van der Waals surface area contributed by atoms with Gasteiger partial charge >= 0.3 is 0 Å². The highest BCUT2D eigenvalue weighted by Gasteiger charge is 2.17. The third-order valence-corrected chi connectivity index (χ3v) is 7.94. The predicted molar refractivity (Wildman–Crippen MR) is 183 cm³/mol. The number of aromatic nitrogens is 7. The Labute approximate surface area is 273 Å². The molecule has 5 aromatic carbocycles. The number of hydrogen-bond donors (Lipinski definition) is 0.